The van der Waals surface area contributed by atoms with Crippen molar-refractivity contribution in [2.45, 2.75) is 76.5 Å². The Balaban J connectivity index is 1.73. The highest BCUT2D eigenvalue weighted by Gasteiger charge is 2.33. The Morgan fingerprint density at radius 3 is 2.49 bits per heavy atom. The molecule has 3 atom stereocenters. The van der Waals surface area contributed by atoms with E-state index in [9.17, 15) is 22.4 Å². The molecule has 3 heterocycles. The molecule has 0 spiro atoms. The number of amides is 1. The Hall–Kier alpha value is -2.66. The van der Waals surface area contributed by atoms with Crippen LogP contribution in [0.15, 0.2) is 29.3 Å². The molecule has 1 unspecified atom stereocenters. The van der Waals surface area contributed by atoms with Crippen LogP contribution in [0.2, 0.25) is 0 Å². The van der Waals surface area contributed by atoms with Crippen LogP contribution in [0.25, 0.3) is 0 Å². The molecule has 0 saturated carbocycles. The zero-order valence-corrected chi connectivity index (χ0v) is 21.5. The van der Waals surface area contributed by atoms with Crippen LogP contribution in [0.4, 0.5) is 17.6 Å². The molecule has 0 aliphatic carbocycles. The minimum atomic E-state index is -4.67. The predicted molar refractivity (Wildman–Crippen MR) is 127 cm³/mol. The maximum absolute atomic E-state index is 14.0. The van der Waals surface area contributed by atoms with Crippen LogP contribution in [0, 0.1) is 0 Å². The van der Waals surface area contributed by atoms with Gasteiger partial charge in [0.1, 0.15) is 24.6 Å². The normalized spacial score (nSPS) is 23.1. The second-order valence-corrected chi connectivity index (χ2v) is 10.5. The second kappa shape index (κ2) is 10.6. The first-order valence-corrected chi connectivity index (χ1v) is 12.4. The van der Waals surface area contributed by atoms with Crippen LogP contribution in [-0.4, -0.2) is 53.5 Å². The molecule has 204 valence electrons. The number of carbonyl (C=O) groups excluding carboxylic acids is 1. The molecule has 1 aromatic heterocycles. The monoisotopic (exact) mass is 527 g/mol. The van der Waals surface area contributed by atoms with Gasteiger partial charge in [-0.3, -0.25) is 14.2 Å². The van der Waals surface area contributed by atoms with Gasteiger partial charge in [-0.1, -0.05) is 20.8 Å². The van der Waals surface area contributed by atoms with Crippen molar-refractivity contribution in [2.75, 3.05) is 19.8 Å². The number of nitrogens with zero attached hydrogens (tertiary/aromatic N) is 3. The van der Waals surface area contributed by atoms with Gasteiger partial charge in [-0.2, -0.15) is 18.2 Å². The topological polar surface area (TPSA) is 67.0 Å². The van der Waals surface area contributed by atoms with Gasteiger partial charge >= 0.3 is 6.18 Å². The molecule has 2 fully saturated rings. The van der Waals surface area contributed by atoms with Crippen molar-refractivity contribution < 1.29 is 36.6 Å². The number of carbonyl (C=O) groups is 1. The second-order valence-electron chi connectivity index (χ2n) is 10.5. The highest BCUT2D eigenvalue weighted by Crippen LogP contribution is 2.33. The van der Waals surface area contributed by atoms with Gasteiger partial charge in [0.05, 0.1) is 30.4 Å². The molecule has 7 nitrogen and oxygen atoms in total. The van der Waals surface area contributed by atoms with Crippen molar-refractivity contribution in [3.8, 4) is 5.75 Å². The lowest BCUT2D eigenvalue weighted by Gasteiger charge is -2.21. The Kier molecular flexibility index (Phi) is 7.85. The molecule has 0 bridgehead atoms. The maximum atomic E-state index is 14.0. The Bertz CT molecular complexity index is 1190. The zero-order valence-electron chi connectivity index (χ0n) is 21.5. The number of hydrogen-bond donors (Lipinski definition) is 0. The first-order chi connectivity index (χ1) is 17.3. The number of alkyl halides is 4. The minimum Gasteiger partial charge on any atom is -0.490 e. The Morgan fingerprint density at radius 1 is 1.14 bits per heavy atom. The molecule has 11 heteroatoms. The average molecular weight is 528 g/mol. The largest absolute Gasteiger partial charge is 0.490 e. The lowest BCUT2D eigenvalue weighted by molar-refractivity contribution is -0.137. The summed E-state index contributed by atoms with van der Waals surface area (Å²) in [6.07, 6.45) is -4.80. The van der Waals surface area contributed by atoms with Gasteiger partial charge in [0, 0.05) is 37.3 Å². The number of ether oxygens (including phenoxy) is 3. The van der Waals surface area contributed by atoms with Crippen molar-refractivity contribution in [2.24, 2.45) is 12.0 Å². The first kappa shape index (κ1) is 27.4. The summed E-state index contributed by atoms with van der Waals surface area (Å²) in [7, 11) is 1.85. The van der Waals surface area contributed by atoms with E-state index < -0.39 is 29.9 Å². The quantitative estimate of drug-likeness (QED) is 0.517. The summed E-state index contributed by atoms with van der Waals surface area (Å²) in [5, 5.41) is 0. The van der Waals surface area contributed by atoms with Gasteiger partial charge in [-0.15, -0.1) is 0 Å². The molecule has 1 amide bonds. The summed E-state index contributed by atoms with van der Waals surface area (Å²) >= 11 is 0. The Labute approximate surface area is 213 Å². The summed E-state index contributed by atoms with van der Waals surface area (Å²) < 4.78 is 74.7. The lowest BCUT2D eigenvalue weighted by atomic mass is 9.92. The third-order valence-electron chi connectivity index (χ3n) is 6.70. The van der Waals surface area contributed by atoms with E-state index in [0.717, 1.165) is 36.7 Å². The minimum absolute atomic E-state index is 0.0528. The third-order valence-corrected chi connectivity index (χ3v) is 6.70. The SMILES string of the molecule is Cn1c(C(C)(C)C)cc(=NC(=O)c2cc(C(F)(F)F)ccc2OC[C@H]2OCC[C@H]2F)n1CC1CCCO1. The molecule has 2 aromatic rings. The van der Waals surface area contributed by atoms with Crippen LogP contribution in [0.5, 0.6) is 5.75 Å². The van der Waals surface area contributed by atoms with E-state index in [-0.39, 0.29) is 42.5 Å². The number of benzene rings is 1. The van der Waals surface area contributed by atoms with Gasteiger partial charge < -0.3 is 14.2 Å². The van der Waals surface area contributed by atoms with Crippen LogP contribution in [-0.2, 0) is 34.7 Å². The fourth-order valence-electron chi connectivity index (χ4n) is 4.67. The molecule has 0 N–H and O–H groups in total. The molecule has 4 rings (SSSR count). The number of hydrogen-bond acceptors (Lipinski definition) is 4. The third kappa shape index (κ3) is 6.26. The molecule has 2 aliphatic heterocycles. The lowest BCUT2D eigenvalue weighted by Crippen LogP contribution is -2.30. The van der Waals surface area contributed by atoms with Crippen LogP contribution in [0.1, 0.15) is 61.6 Å². The summed E-state index contributed by atoms with van der Waals surface area (Å²) in [5.74, 6) is -1.00. The number of rotatable bonds is 6. The van der Waals surface area contributed by atoms with E-state index in [1.54, 1.807) is 6.07 Å². The van der Waals surface area contributed by atoms with Crippen molar-refractivity contribution in [1.29, 1.82) is 0 Å². The van der Waals surface area contributed by atoms with Crippen molar-refractivity contribution >= 4 is 5.91 Å². The van der Waals surface area contributed by atoms with E-state index in [1.165, 1.54) is 0 Å². The van der Waals surface area contributed by atoms with E-state index in [1.807, 2.05) is 37.2 Å². The molecule has 0 radical (unpaired) electrons. The van der Waals surface area contributed by atoms with E-state index >= 15 is 0 Å². The van der Waals surface area contributed by atoms with Crippen molar-refractivity contribution in [3.05, 3.63) is 46.6 Å². The van der Waals surface area contributed by atoms with Gasteiger partial charge in [0.2, 0.25) is 0 Å². The summed E-state index contributed by atoms with van der Waals surface area (Å²) in [5.41, 5.74) is -0.440. The smallest absolute Gasteiger partial charge is 0.416 e. The van der Waals surface area contributed by atoms with Gasteiger partial charge in [-0.05, 0) is 31.0 Å². The highest BCUT2D eigenvalue weighted by molar-refractivity contribution is 5.97. The number of aromatic nitrogens is 2. The maximum Gasteiger partial charge on any atom is 0.416 e. The van der Waals surface area contributed by atoms with Crippen LogP contribution < -0.4 is 10.2 Å². The summed E-state index contributed by atoms with van der Waals surface area (Å²) in [6.45, 7) is 7.17. The van der Waals surface area contributed by atoms with Gasteiger partial charge in [-0.25, -0.2) is 4.39 Å². The molecule has 37 heavy (non-hydrogen) atoms. The van der Waals surface area contributed by atoms with E-state index in [2.05, 4.69) is 4.99 Å². The highest BCUT2D eigenvalue weighted by atomic mass is 19.4. The van der Waals surface area contributed by atoms with Crippen molar-refractivity contribution in [1.82, 2.24) is 9.36 Å². The molecular weight excluding hydrogens is 494 g/mol. The van der Waals surface area contributed by atoms with Crippen LogP contribution >= 0.6 is 0 Å². The van der Waals surface area contributed by atoms with Gasteiger partial charge in [0.25, 0.3) is 5.91 Å². The average Bonchev–Trinajstić information content (AvgIpc) is 3.54. The van der Waals surface area contributed by atoms with Crippen LogP contribution in [0.3, 0.4) is 0 Å². The molecule has 1 aromatic carbocycles. The first-order valence-electron chi connectivity index (χ1n) is 12.4. The number of halogens is 4. The van der Waals surface area contributed by atoms with E-state index in [0.29, 0.717) is 18.6 Å². The fourth-order valence-corrected chi connectivity index (χ4v) is 4.67. The molecule has 2 aliphatic rings. The molecule has 2 saturated heterocycles. The molecular formula is C26H33F4N3O4. The Morgan fingerprint density at radius 2 is 1.89 bits per heavy atom. The summed E-state index contributed by atoms with van der Waals surface area (Å²) in [6, 6.07) is 4.38. The summed E-state index contributed by atoms with van der Waals surface area (Å²) in [4.78, 5) is 17.6. The predicted octanol–water partition coefficient (Wildman–Crippen LogP) is 4.57. The zero-order chi connectivity index (χ0) is 27.0. The van der Waals surface area contributed by atoms with Crippen molar-refractivity contribution in [3.63, 3.8) is 0 Å². The standard InChI is InChI=1S/C26H33F4N3O4/c1-25(2,3)22-13-23(33(32(22)4)14-17-6-5-10-35-17)31-24(34)18-12-16(26(28,29)30)7-8-20(18)37-15-21-19(27)9-11-36-21/h7-8,12-13,17,19,21H,5-6,9-11,14-15H2,1-4H3/t17?,19-,21-/m1/s1. The fraction of sp³-hybridized carbons (Fsp3) is 0.615. The van der Waals surface area contributed by atoms with E-state index in [4.69, 9.17) is 14.2 Å². The van der Waals surface area contributed by atoms with Gasteiger partial charge in [0.15, 0.2) is 5.49 Å².